The van der Waals surface area contributed by atoms with Gasteiger partial charge in [-0.25, -0.2) is 0 Å². The molecular weight excluding hydrogens is 250 g/mol. The van der Waals surface area contributed by atoms with Crippen LogP contribution in [0.1, 0.15) is 25.8 Å². The van der Waals surface area contributed by atoms with Gasteiger partial charge < -0.3 is 14.8 Å². The Morgan fingerprint density at radius 1 is 1.17 bits per heavy atom. The molecule has 1 aromatic rings. The van der Waals surface area contributed by atoms with Crippen molar-refractivity contribution in [2.75, 3.05) is 20.3 Å². The van der Waals surface area contributed by atoms with Crippen molar-refractivity contribution in [3.8, 4) is 5.75 Å². The van der Waals surface area contributed by atoms with Gasteiger partial charge in [0.05, 0.1) is 13.2 Å². The summed E-state index contributed by atoms with van der Waals surface area (Å²) in [5, 5.41) is 3.39. The van der Waals surface area contributed by atoms with E-state index in [0.717, 1.165) is 31.9 Å². The molecule has 0 aliphatic rings. The summed E-state index contributed by atoms with van der Waals surface area (Å²) in [6.45, 7) is 6.83. The fraction of sp³-hybridized carbons (Fsp3) is 0.571. The van der Waals surface area contributed by atoms with Crippen LogP contribution in [0, 0.1) is 0 Å². The Morgan fingerprint density at radius 2 is 1.83 bits per heavy atom. The van der Waals surface area contributed by atoms with E-state index in [1.807, 2.05) is 12.1 Å². The molecule has 18 heavy (non-hydrogen) atoms. The van der Waals surface area contributed by atoms with Gasteiger partial charge in [0.15, 0.2) is 0 Å². The molecule has 0 aromatic heterocycles. The van der Waals surface area contributed by atoms with E-state index in [1.54, 1.807) is 7.11 Å². The molecule has 0 saturated heterocycles. The minimum absolute atomic E-state index is 0. The van der Waals surface area contributed by atoms with E-state index in [0.29, 0.717) is 6.10 Å². The summed E-state index contributed by atoms with van der Waals surface area (Å²) in [5.74, 6) is 0.902. The molecule has 104 valence electrons. The predicted molar refractivity (Wildman–Crippen MR) is 77.7 cm³/mol. The average Bonchev–Trinajstić information content (AvgIpc) is 2.34. The van der Waals surface area contributed by atoms with Crippen LogP contribution in [0.25, 0.3) is 0 Å². The van der Waals surface area contributed by atoms with E-state index >= 15 is 0 Å². The molecule has 0 bridgehead atoms. The molecule has 0 radical (unpaired) electrons. The lowest BCUT2D eigenvalue weighted by atomic mass is 10.2. The van der Waals surface area contributed by atoms with Crippen molar-refractivity contribution < 1.29 is 9.47 Å². The van der Waals surface area contributed by atoms with Crippen LogP contribution in [-0.4, -0.2) is 26.4 Å². The summed E-state index contributed by atoms with van der Waals surface area (Å²) in [7, 11) is 1.68. The largest absolute Gasteiger partial charge is 0.497 e. The molecule has 0 spiro atoms. The highest BCUT2D eigenvalue weighted by Crippen LogP contribution is 2.10. The molecule has 0 aliphatic heterocycles. The molecular formula is C14H24ClNO2. The van der Waals surface area contributed by atoms with Gasteiger partial charge in [0, 0.05) is 13.2 Å². The quantitative estimate of drug-likeness (QED) is 0.739. The minimum atomic E-state index is 0. The van der Waals surface area contributed by atoms with Crippen molar-refractivity contribution in [1.29, 1.82) is 0 Å². The molecule has 4 heteroatoms. The summed E-state index contributed by atoms with van der Waals surface area (Å²) in [5.41, 5.74) is 1.27. The first-order valence-corrected chi connectivity index (χ1v) is 6.17. The lowest BCUT2D eigenvalue weighted by molar-refractivity contribution is 0.0770. The lowest BCUT2D eigenvalue weighted by Crippen LogP contribution is -2.17. The van der Waals surface area contributed by atoms with Crippen molar-refractivity contribution in [3.63, 3.8) is 0 Å². The summed E-state index contributed by atoms with van der Waals surface area (Å²) in [6.07, 6.45) is 1.38. The highest BCUT2D eigenvalue weighted by atomic mass is 35.5. The summed E-state index contributed by atoms with van der Waals surface area (Å²) < 4.78 is 10.6. The maximum absolute atomic E-state index is 5.47. The molecule has 0 fully saturated rings. The Bertz CT molecular complexity index is 301. The fourth-order valence-electron chi connectivity index (χ4n) is 1.49. The molecule has 1 N–H and O–H groups in total. The van der Waals surface area contributed by atoms with Gasteiger partial charge in [0.1, 0.15) is 5.75 Å². The van der Waals surface area contributed by atoms with Gasteiger partial charge in [-0.3, -0.25) is 0 Å². The van der Waals surface area contributed by atoms with Crippen molar-refractivity contribution in [2.24, 2.45) is 0 Å². The second kappa shape index (κ2) is 10.2. The molecule has 0 amide bonds. The third kappa shape index (κ3) is 7.54. The van der Waals surface area contributed by atoms with Gasteiger partial charge in [0.25, 0.3) is 0 Å². The number of hydrogen-bond acceptors (Lipinski definition) is 3. The monoisotopic (exact) mass is 273 g/mol. The Labute approximate surface area is 116 Å². The Balaban J connectivity index is 0.00000289. The molecule has 0 unspecified atom stereocenters. The van der Waals surface area contributed by atoms with Crippen LogP contribution in [0.2, 0.25) is 0 Å². The van der Waals surface area contributed by atoms with Gasteiger partial charge in [0.2, 0.25) is 0 Å². The van der Waals surface area contributed by atoms with Crippen molar-refractivity contribution >= 4 is 12.4 Å². The van der Waals surface area contributed by atoms with Gasteiger partial charge in [-0.05, 0) is 44.5 Å². The van der Waals surface area contributed by atoms with E-state index in [2.05, 4.69) is 31.3 Å². The van der Waals surface area contributed by atoms with Gasteiger partial charge in [-0.2, -0.15) is 0 Å². The van der Waals surface area contributed by atoms with E-state index in [9.17, 15) is 0 Å². The zero-order valence-electron chi connectivity index (χ0n) is 11.4. The van der Waals surface area contributed by atoms with Crippen LogP contribution < -0.4 is 10.1 Å². The first-order valence-electron chi connectivity index (χ1n) is 6.17. The first-order chi connectivity index (χ1) is 8.22. The molecule has 1 rings (SSSR count). The molecule has 1 aromatic carbocycles. The summed E-state index contributed by atoms with van der Waals surface area (Å²) in [6, 6.07) is 8.13. The summed E-state index contributed by atoms with van der Waals surface area (Å²) >= 11 is 0. The molecule has 3 nitrogen and oxygen atoms in total. The van der Waals surface area contributed by atoms with E-state index in [-0.39, 0.29) is 12.4 Å². The number of ether oxygens (including phenoxy) is 2. The highest BCUT2D eigenvalue weighted by molar-refractivity contribution is 5.85. The maximum Gasteiger partial charge on any atom is 0.118 e. The van der Waals surface area contributed by atoms with Crippen LogP contribution in [0.3, 0.4) is 0 Å². The second-order valence-corrected chi connectivity index (χ2v) is 4.30. The fourth-order valence-corrected chi connectivity index (χ4v) is 1.49. The average molecular weight is 274 g/mol. The van der Waals surface area contributed by atoms with E-state index < -0.39 is 0 Å². The number of nitrogens with one attached hydrogen (secondary N) is 1. The highest BCUT2D eigenvalue weighted by Gasteiger charge is 1.95. The van der Waals surface area contributed by atoms with E-state index in [1.165, 1.54) is 5.56 Å². The third-order valence-corrected chi connectivity index (χ3v) is 2.44. The minimum Gasteiger partial charge on any atom is -0.497 e. The SMILES string of the molecule is COc1ccc(CNCCCOC(C)C)cc1.Cl. The second-order valence-electron chi connectivity index (χ2n) is 4.30. The topological polar surface area (TPSA) is 30.5 Å². The number of rotatable bonds is 8. The molecule has 0 aliphatic carbocycles. The van der Waals surface area contributed by atoms with E-state index in [4.69, 9.17) is 9.47 Å². The van der Waals surface area contributed by atoms with Gasteiger partial charge in [-0.1, -0.05) is 12.1 Å². The smallest absolute Gasteiger partial charge is 0.118 e. The zero-order chi connectivity index (χ0) is 12.5. The number of methoxy groups -OCH3 is 1. The number of halogens is 1. The lowest BCUT2D eigenvalue weighted by Gasteiger charge is -2.08. The third-order valence-electron chi connectivity index (χ3n) is 2.44. The van der Waals surface area contributed by atoms with Gasteiger partial charge >= 0.3 is 0 Å². The van der Waals surface area contributed by atoms with Crippen LogP contribution in [0.4, 0.5) is 0 Å². The van der Waals surface area contributed by atoms with Crippen LogP contribution in [-0.2, 0) is 11.3 Å². The molecule has 0 atom stereocenters. The van der Waals surface area contributed by atoms with Gasteiger partial charge in [-0.15, -0.1) is 12.4 Å². The first kappa shape index (κ1) is 17.2. The zero-order valence-corrected chi connectivity index (χ0v) is 12.3. The van der Waals surface area contributed by atoms with Crippen molar-refractivity contribution in [1.82, 2.24) is 5.32 Å². The standard InChI is InChI=1S/C14H23NO2.ClH/c1-12(2)17-10-4-9-15-11-13-5-7-14(16-3)8-6-13;/h5-8,12,15H,4,9-11H2,1-3H3;1H. The number of hydrogen-bond donors (Lipinski definition) is 1. The Morgan fingerprint density at radius 3 is 2.39 bits per heavy atom. The predicted octanol–water partition coefficient (Wildman–Crippen LogP) is 3.02. The van der Waals surface area contributed by atoms with Crippen LogP contribution in [0.15, 0.2) is 24.3 Å². The number of benzene rings is 1. The normalized spacial score (nSPS) is 10.2. The molecule has 0 saturated carbocycles. The maximum atomic E-state index is 5.47. The Kier molecular flexibility index (Phi) is 9.74. The summed E-state index contributed by atoms with van der Waals surface area (Å²) in [4.78, 5) is 0. The Hall–Kier alpha value is -0.770. The van der Waals surface area contributed by atoms with Crippen LogP contribution in [0.5, 0.6) is 5.75 Å². The van der Waals surface area contributed by atoms with Crippen molar-refractivity contribution in [2.45, 2.75) is 32.9 Å². The van der Waals surface area contributed by atoms with Crippen molar-refractivity contribution in [3.05, 3.63) is 29.8 Å². The molecule has 0 heterocycles. The van der Waals surface area contributed by atoms with Crippen LogP contribution >= 0.6 is 12.4 Å².